The Morgan fingerprint density at radius 2 is 2.14 bits per heavy atom. The lowest BCUT2D eigenvalue weighted by Crippen LogP contribution is -2.03. The first kappa shape index (κ1) is 14.4. The van der Waals surface area contributed by atoms with Gasteiger partial charge in [-0.25, -0.2) is 14.2 Å². The van der Waals surface area contributed by atoms with Crippen molar-refractivity contribution in [1.29, 1.82) is 0 Å². The van der Waals surface area contributed by atoms with Crippen molar-refractivity contribution in [2.24, 2.45) is 0 Å². The molecule has 108 valence electrons. The minimum atomic E-state index is -1.26. The molecular formula is C13H10FN3O4. The maximum Gasteiger partial charge on any atom is 0.335 e. The molecule has 0 saturated heterocycles. The molecule has 0 radical (unpaired) electrons. The van der Waals surface area contributed by atoms with Crippen LogP contribution in [0.3, 0.4) is 0 Å². The van der Waals surface area contributed by atoms with Gasteiger partial charge in [0.1, 0.15) is 5.82 Å². The van der Waals surface area contributed by atoms with E-state index in [2.05, 4.69) is 10.3 Å². The standard InChI is InChI=1S/C13H10FN3O4/c1-7-4-11(17(20)21)12(15-6-7)16-10-3-2-8(13(18)19)5-9(10)14/h2-6H,1H3,(H,15,16)(H,18,19). The lowest BCUT2D eigenvalue weighted by Gasteiger charge is -2.08. The summed E-state index contributed by atoms with van der Waals surface area (Å²) in [6, 6.07) is 4.50. The number of rotatable bonds is 4. The molecule has 0 bridgehead atoms. The van der Waals surface area contributed by atoms with Crippen molar-refractivity contribution in [1.82, 2.24) is 4.98 Å². The van der Waals surface area contributed by atoms with E-state index in [4.69, 9.17) is 5.11 Å². The van der Waals surface area contributed by atoms with Crippen LogP contribution in [0.2, 0.25) is 0 Å². The largest absolute Gasteiger partial charge is 0.478 e. The van der Waals surface area contributed by atoms with Crippen molar-refractivity contribution >= 4 is 23.2 Å². The third kappa shape index (κ3) is 3.11. The molecule has 2 rings (SSSR count). The maximum atomic E-state index is 13.8. The molecule has 0 amide bonds. The Kier molecular flexibility index (Phi) is 3.79. The Morgan fingerprint density at radius 3 is 2.71 bits per heavy atom. The van der Waals surface area contributed by atoms with Crippen molar-refractivity contribution in [2.45, 2.75) is 6.92 Å². The van der Waals surface area contributed by atoms with E-state index in [0.29, 0.717) is 5.56 Å². The molecule has 0 aliphatic rings. The van der Waals surface area contributed by atoms with Crippen LogP contribution in [0.5, 0.6) is 0 Å². The van der Waals surface area contributed by atoms with Gasteiger partial charge in [0, 0.05) is 12.3 Å². The molecule has 0 aliphatic carbocycles. The van der Waals surface area contributed by atoms with Crippen molar-refractivity contribution in [3.63, 3.8) is 0 Å². The van der Waals surface area contributed by atoms with Crippen LogP contribution in [-0.4, -0.2) is 21.0 Å². The van der Waals surface area contributed by atoms with E-state index in [1.165, 1.54) is 24.4 Å². The number of hydrogen-bond donors (Lipinski definition) is 2. The number of carboxylic acid groups (broad SMARTS) is 1. The Bertz CT molecular complexity index is 733. The van der Waals surface area contributed by atoms with Gasteiger partial charge in [0.15, 0.2) is 0 Å². The van der Waals surface area contributed by atoms with E-state index >= 15 is 0 Å². The number of nitrogens with zero attached hydrogens (tertiary/aromatic N) is 2. The number of aryl methyl sites for hydroxylation is 1. The molecule has 0 spiro atoms. The van der Waals surface area contributed by atoms with Gasteiger partial charge in [0.05, 0.1) is 16.2 Å². The highest BCUT2D eigenvalue weighted by molar-refractivity contribution is 5.88. The van der Waals surface area contributed by atoms with Gasteiger partial charge < -0.3 is 10.4 Å². The third-order valence-electron chi connectivity index (χ3n) is 2.67. The predicted octanol–water partition coefficient (Wildman–Crippen LogP) is 2.88. The molecule has 0 fully saturated rings. The fourth-order valence-electron chi connectivity index (χ4n) is 1.67. The number of aromatic carboxylic acids is 1. The van der Waals surface area contributed by atoms with Gasteiger partial charge in [-0.15, -0.1) is 0 Å². The van der Waals surface area contributed by atoms with Gasteiger partial charge >= 0.3 is 11.7 Å². The Labute approximate surface area is 118 Å². The molecule has 21 heavy (non-hydrogen) atoms. The average Bonchev–Trinajstić information content (AvgIpc) is 2.42. The third-order valence-corrected chi connectivity index (χ3v) is 2.67. The second kappa shape index (κ2) is 5.53. The zero-order valence-electron chi connectivity index (χ0n) is 10.8. The monoisotopic (exact) mass is 291 g/mol. The van der Waals surface area contributed by atoms with Gasteiger partial charge in [0.2, 0.25) is 5.82 Å². The van der Waals surface area contributed by atoms with Crippen molar-refractivity contribution in [3.05, 3.63) is 57.5 Å². The normalized spacial score (nSPS) is 10.2. The summed E-state index contributed by atoms with van der Waals surface area (Å²) >= 11 is 0. The molecule has 0 saturated carbocycles. The summed E-state index contributed by atoms with van der Waals surface area (Å²) in [7, 11) is 0. The second-order valence-corrected chi connectivity index (χ2v) is 4.26. The first-order valence-corrected chi connectivity index (χ1v) is 5.79. The predicted molar refractivity (Wildman–Crippen MR) is 72.3 cm³/mol. The molecule has 2 aromatic rings. The number of hydrogen-bond acceptors (Lipinski definition) is 5. The maximum absolute atomic E-state index is 13.8. The average molecular weight is 291 g/mol. The van der Waals surface area contributed by atoms with Gasteiger partial charge in [-0.05, 0) is 30.7 Å². The van der Waals surface area contributed by atoms with Crippen LogP contribution in [-0.2, 0) is 0 Å². The van der Waals surface area contributed by atoms with Gasteiger partial charge in [-0.3, -0.25) is 10.1 Å². The number of pyridine rings is 1. The van der Waals surface area contributed by atoms with E-state index in [9.17, 15) is 19.3 Å². The summed E-state index contributed by atoms with van der Waals surface area (Å²) in [5, 5.41) is 22.2. The summed E-state index contributed by atoms with van der Waals surface area (Å²) < 4.78 is 13.8. The molecule has 1 aromatic carbocycles. The fraction of sp³-hybridized carbons (Fsp3) is 0.0769. The summed E-state index contributed by atoms with van der Waals surface area (Å²) in [5.41, 5.74) is -0.0190. The number of nitro groups is 1. The van der Waals surface area contributed by atoms with Crippen molar-refractivity contribution < 1.29 is 19.2 Å². The van der Waals surface area contributed by atoms with Crippen LogP contribution >= 0.6 is 0 Å². The highest BCUT2D eigenvalue weighted by atomic mass is 19.1. The SMILES string of the molecule is Cc1cnc(Nc2ccc(C(=O)O)cc2F)c([N+](=O)[O-])c1. The first-order valence-electron chi connectivity index (χ1n) is 5.79. The molecular weight excluding hydrogens is 281 g/mol. The fourth-order valence-corrected chi connectivity index (χ4v) is 1.67. The second-order valence-electron chi connectivity index (χ2n) is 4.26. The van der Waals surface area contributed by atoms with Gasteiger partial charge in [0.25, 0.3) is 0 Å². The zero-order valence-corrected chi connectivity index (χ0v) is 10.8. The summed E-state index contributed by atoms with van der Waals surface area (Å²) in [6.07, 6.45) is 1.40. The first-order chi connectivity index (χ1) is 9.88. The number of nitrogens with one attached hydrogen (secondary N) is 1. The molecule has 8 heteroatoms. The minimum Gasteiger partial charge on any atom is -0.478 e. The van der Waals surface area contributed by atoms with Crippen molar-refractivity contribution in [2.75, 3.05) is 5.32 Å². The minimum absolute atomic E-state index is 0.0977. The smallest absolute Gasteiger partial charge is 0.335 e. The molecule has 1 heterocycles. The van der Waals surface area contributed by atoms with Gasteiger partial charge in [-0.2, -0.15) is 0 Å². The van der Waals surface area contributed by atoms with E-state index in [-0.39, 0.29) is 22.8 Å². The molecule has 0 atom stereocenters. The molecule has 0 unspecified atom stereocenters. The van der Waals surface area contributed by atoms with Crippen LogP contribution < -0.4 is 5.32 Å². The lowest BCUT2D eigenvalue weighted by molar-refractivity contribution is -0.384. The highest BCUT2D eigenvalue weighted by Gasteiger charge is 2.17. The Hall–Kier alpha value is -3.03. The molecule has 2 N–H and O–H groups in total. The van der Waals surface area contributed by atoms with Crippen LogP contribution in [0.4, 0.5) is 21.6 Å². The quantitative estimate of drug-likeness (QED) is 0.662. The van der Waals surface area contributed by atoms with E-state index in [1.54, 1.807) is 6.92 Å². The summed E-state index contributed by atoms with van der Waals surface area (Å²) in [5.74, 6) is -2.22. The zero-order chi connectivity index (χ0) is 15.6. The van der Waals surface area contributed by atoms with Crippen LogP contribution in [0, 0.1) is 22.9 Å². The highest BCUT2D eigenvalue weighted by Crippen LogP contribution is 2.27. The number of halogens is 1. The molecule has 1 aromatic heterocycles. The number of aromatic nitrogens is 1. The van der Waals surface area contributed by atoms with E-state index in [0.717, 1.165) is 6.07 Å². The van der Waals surface area contributed by atoms with Crippen LogP contribution in [0.1, 0.15) is 15.9 Å². The Morgan fingerprint density at radius 1 is 1.43 bits per heavy atom. The topological polar surface area (TPSA) is 105 Å². The Balaban J connectivity index is 2.39. The number of anilines is 2. The lowest BCUT2D eigenvalue weighted by atomic mass is 10.2. The number of carbonyl (C=O) groups is 1. The number of carboxylic acids is 1. The van der Waals surface area contributed by atoms with Crippen LogP contribution in [0.15, 0.2) is 30.5 Å². The van der Waals surface area contributed by atoms with Gasteiger partial charge in [-0.1, -0.05) is 0 Å². The van der Waals surface area contributed by atoms with E-state index < -0.39 is 16.7 Å². The van der Waals surface area contributed by atoms with E-state index in [1.807, 2.05) is 0 Å². The van der Waals surface area contributed by atoms with Crippen LogP contribution in [0.25, 0.3) is 0 Å². The summed E-state index contributed by atoms with van der Waals surface area (Å²) in [4.78, 5) is 24.9. The molecule has 0 aliphatic heterocycles. The molecule has 7 nitrogen and oxygen atoms in total. The number of benzene rings is 1. The van der Waals surface area contributed by atoms with Crippen molar-refractivity contribution in [3.8, 4) is 0 Å². The summed E-state index contributed by atoms with van der Waals surface area (Å²) in [6.45, 7) is 1.64.